The molecule has 5 nitrogen and oxygen atoms in total. The van der Waals surface area contributed by atoms with Gasteiger partial charge >= 0.3 is 0 Å². The fraction of sp³-hybridized carbons (Fsp3) is 0.471. The van der Waals surface area contributed by atoms with Crippen molar-refractivity contribution in [3.05, 3.63) is 38.1 Å². The normalized spacial score (nSPS) is 11.8. The number of fused-ring (bicyclic) bond motifs is 1. The van der Waals surface area contributed by atoms with Gasteiger partial charge in [-0.2, -0.15) is 0 Å². The molecule has 0 N–H and O–H groups in total. The van der Waals surface area contributed by atoms with Crippen molar-refractivity contribution in [1.29, 1.82) is 0 Å². The molecule has 3 heterocycles. The van der Waals surface area contributed by atoms with Crippen LogP contribution in [0, 0.1) is 27.7 Å². The number of aromatic nitrogens is 3. The van der Waals surface area contributed by atoms with E-state index in [1.165, 1.54) is 11.8 Å². The maximum atomic E-state index is 13.0. The van der Waals surface area contributed by atoms with E-state index in [4.69, 9.17) is 9.40 Å². The van der Waals surface area contributed by atoms with Gasteiger partial charge in [0, 0.05) is 10.9 Å². The van der Waals surface area contributed by atoms with E-state index < -0.39 is 0 Å². The molecule has 0 aromatic carbocycles. The first-order chi connectivity index (χ1) is 11.3. The van der Waals surface area contributed by atoms with Crippen molar-refractivity contribution in [2.45, 2.75) is 58.5 Å². The second kappa shape index (κ2) is 6.37. The molecule has 3 aromatic heterocycles. The lowest BCUT2D eigenvalue weighted by molar-refractivity contribution is 0.488. The zero-order valence-electron chi connectivity index (χ0n) is 14.8. The zero-order chi connectivity index (χ0) is 17.6. The molecule has 0 saturated heterocycles. The maximum absolute atomic E-state index is 13.0. The molecule has 0 aliphatic heterocycles. The summed E-state index contributed by atoms with van der Waals surface area (Å²) in [4.78, 5) is 24.1. The second-order valence-electron chi connectivity index (χ2n) is 6.16. The van der Waals surface area contributed by atoms with E-state index in [0.717, 1.165) is 37.3 Å². The van der Waals surface area contributed by atoms with Crippen LogP contribution in [0.2, 0.25) is 0 Å². The molecule has 0 aliphatic rings. The Hall–Kier alpha value is -1.60. The fourth-order valence-corrected chi connectivity index (χ4v) is 4.61. The molecule has 7 heteroatoms. The Morgan fingerprint density at radius 1 is 1.21 bits per heavy atom. The number of aryl methyl sites for hydroxylation is 4. The van der Waals surface area contributed by atoms with Gasteiger partial charge in [-0.3, -0.25) is 9.36 Å². The molecule has 0 unspecified atom stereocenters. The van der Waals surface area contributed by atoms with E-state index in [1.807, 2.05) is 41.5 Å². The summed E-state index contributed by atoms with van der Waals surface area (Å²) in [5, 5.41) is 1.47. The van der Waals surface area contributed by atoms with E-state index in [-0.39, 0.29) is 11.6 Å². The minimum atomic E-state index is 0.0408. The Morgan fingerprint density at radius 3 is 2.50 bits per heavy atom. The highest BCUT2D eigenvalue weighted by Gasteiger charge is 2.19. The molecule has 0 radical (unpaired) electrons. The summed E-state index contributed by atoms with van der Waals surface area (Å²) in [6.45, 7) is 11.9. The summed E-state index contributed by atoms with van der Waals surface area (Å²) in [6.07, 6.45) is 0. The van der Waals surface area contributed by atoms with Crippen molar-refractivity contribution in [1.82, 2.24) is 14.5 Å². The SMILES string of the molecule is Cc1nc(CSc2nc3sc(C)c(C)c3c(=O)n2C(C)C)oc1C. The van der Waals surface area contributed by atoms with Gasteiger partial charge in [0.25, 0.3) is 5.56 Å². The fourth-order valence-electron chi connectivity index (χ4n) is 2.57. The Balaban J connectivity index is 2.06. The van der Waals surface area contributed by atoms with Gasteiger partial charge in [-0.15, -0.1) is 11.3 Å². The predicted octanol–water partition coefficient (Wildman–Crippen LogP) is 4.55. The van der Waals surface area contributed by atoms with Crippen LogP contribution in [0.4, 0.5) is 0 Å². The molecule has 128 valence electrons. The van der Waals surface area contributed by atoms with Gasteiger partial charge in [0.2, 0.25) is 5.89 Å². The summed E-state index contributed by atoms with van der Waals surface area (Å²) in [5.74, 6) is 2.06. The minimum Gasteiger partial charge on any atom is -0.445 e. The summed E-state index contributed by atoms with van der Waals surface area (Å²) < 4.78 is 7.41. The third-order valence-corrected chi connectivity index (χ3v) is 6.16. The van der Waals surface area contributed by atoms with Crippen LogP contribution in [-0.2, 0) is 5.75 Å². The van der Waals surface area contributed by atoms with Gasteiger partial charge in [-0.25, -0.2) is 9.97 Å². The lowest BCUT2D eigenvalue weighted by Gasteiger charge is -2.14. The molecule has 0 atom stereocenters. The Kier molecular flexibility index (Phi) is 4.57. The molecule has 3 aromatic rings. The van der Waals surface area contributed by atoms with Gasteiger partial charge in [-0.05, 0) is 47.1 Å². The van der Waals surface area contributed by atoms with Gasteiger partial charge in [0.1, 0.15) is 10.6 Å². The number of rotatable bonds is 4. The number of hydrogen-bond acceptors (Lipinski definition) is 6. The summed E-state index contributed by atoms with van der Waals surface area (Å²) in [5.41, 5.74) is 1.98. The summed E-state index contributed by atoms with van der Waals surface area (Å²) >= 11 is 3.08. The van der Waals surface area contributed by atoms with Crippen molar-refractivity contribution in [2.75, 3.05) is 0 Å². The number of thiophene rings is 1. The van der Waals surface area contributed by atoms with E-state index in [1.54, 1.807) is 15.9 Å². The van der Waals surface area contributed by atoms with Crippen molar-refractivity contribution in [2.24, 2.45) is 0 Å². The van der Waals surface area contributed by atoms with E-state index in [0.29, 0.717) is 11.6 Å². The molecule has 0 saturated carbocycles. The smallest absolute Gasteiger partial charge is 0.263 e. The standard InChI is InChI=1S/C17H21N3O2S2/c1-8(2)20-16(21)14-9(3)12(6)24-15(14)19-17(20)23-7-13-18-10(4)11(5)22-13/h8H,7H2,1-6H3. The third kappa shape index (κ3) is 2.91. The largest absolute Gasteiger partial charge is 0.445 e. The zero-order valence-corrected chi connectivity index (χ0v) is 16.4. The van der Waals surface area contributed by atoms with Gasteiger partial charge in [-0.1, -0.05) is 11.8 Å². The average Bonchev–Trinajstić information content (AvgIpc) is 2.96. The first kappa shape index (κ1) is 17.2. The molecule has 3 rings (SSSR count). The highest BCUT2D eigenvalue weighted by atomic mass is 32.2. The first-order valence-electron chi connectivity index (χ1n) is 7.87. The van der Waals surface area contributed by atoms with E-state index >= 15 is 0 Å². The molecule has 0 fully saturated rings. The van der Waals surface area contributed by atoms with Crippen molar-refractivity contribution in [3.63, 3.8) is 0 Å². The van der Waals surface area contributed by atoms with Crippen LogP contribution in [0.15, 0.2) is 14.4 Å². The second-order valence-corrected chi connectivity index (χ2v) is 8.31. The highest BCUT2D eigenvalue weighted by molar-refractivity contribution is 7.98. The Bertz CT molecular complexity index is 947. The Labute approximate surface area is 149 Å². The number of oxazole rings is 1. The highest BCUT2D eigenvalue weighted by Crippen LogP contribution is 2.30. The minimum absolute atomic E-state index is 0.0408. The molecule has 24 heavy (non-hydrogen) atoms. The monoisotopic (exact) mass is 363 g/mol. The van der Waals surface area contributed by atoms with E-state index in [9.17, 15) is 4.79 Å². The maximum Gasteiger partial charge on any atom is 0.263 e. The van der Waals surface area contributed by atoms with Crippen molar-refractivity contribution in [3.8, 4) is 0 Å². The van der Waals surface area contributed by atoms with Gasteiger partial charge in [0.05, 0.1) is 16.8 Å². The lowest BCUT2D eigenvalue weighted by atomic mass is 10.2. The molecule has 0 bridgehead atoms. The van der Waals surface area contributed by atoms with Crippen LogP contribution >= 0.6 is 23.1 Å². The summed E-state index contributed by atoms with van der Waals surface area (Å²) in [6, 6.07) is 0.0459. The summed E-state index contributed by atoms with van der Waals surface area (Å²) in [7, 11) is 0. The van der Waals surface area contributed by atoms with Crippen molar-refractivity contribution < 1.29 is 4.42 Å². The molecular formula is C17H21N3O2S2. The predicted molar refractivity (Wildman–Crippen MR) is 99.3 cm³/mol. The lowest BCUT2D eigenvalue weighted by Crippen LogP contribution is -2.24. The average molecular weight is 364 g/mol. The third-order valence-electron chi connectivity index (χ3n) is 4.12. The van der Waals surface area contributed by atoms with Crippen LogP contribution in [0.5, 0.6) is 0 Å². The van der Waals surface area contributed by atoms with Crippen LogP contribution in [0.3, 0.4) is 0 Å². The topological polar surface area (TPSA) is 60.9 Å². The van der Waals surface area contributed by atoms with Crippen LogP contribution in [-0.4, -0.2) is 14.5 Å². The quantitative estimate of drug-likeness (QED) is 0.502. The van der Waals surface area contributed by atoms with Gasteiger partial charge < -0.3 is 4.42 Å². The van der Waals surface area contributed by atoms with Crippen LogP contribution in [0.25, 0.3) is 10.2 Å². The Morgan fingerprint density at radius 2 is 1.92 bits per heavy atom. The number of thioether (sulfide) groups is 1. The van der Waals surface area contributed by atoms with E-state index in [2.05, 4.69) is 4.98 Å². The van der Waals surface area contributed by atoms with Crippen LogP contribution < -0.4 is 5.56 Å². The van der Waals surface area contributed by atoms with Gasteiger partial charge in [0.15, 0.2) is 5.16 Å². The number of hydrogen-bond donors (Lipinski definition) is 0. The number of nitrogens with zero attached hydrogens (tertiary/aromatic N) is 3. The molecule has 0 aliphatic carbocycles. The van der Waals surface area contributed by atoms with Crippen molar-refractivity contribution >= 4 is 33.3 Å². The first-order valence-corrected chi connectivity index (χ1v) is 9.67. The molecular weight excluding hydrogens is 342 g/mol. The van der Waals surface area contributed by atoms with Crippen LogP contribution in [0.1, 0.15) is 47.7 Å². The molecule has 0 spiro atoms. The molecule has 0 amide bonds.